The summed E-state index contributed by atoms with van der Waals surface area (Å²) in [4.78, 5) is 6.56. The van der Waals surface area contributed by atoms with Crippen molar-refractivity contribution in [3.05, 3.63) is 47.3 Å². The summed E-state index contributed by atoms with van der Waals surface area (Å²) in [6.45, 7) is 1.64. The third kappa shape index (κ3) is 2.93. The molecule has 21 heavy (non-hydrogen) atoms. The van der Waals surface area contributed by atoms with Gasteiger partial charge in [-0.2, -0.15) is 10.4 Å². The minimum Gasteiger partial charge on any atom is -0.289 e. The van der Waals surface area contributed by atoms with Crippen LogP contribution in [0.1, 0.15) is 42.3 Å². The van der Waals surface area contributed by atoms with Crippen molar-refractivity contribution in [2.75, 3.05) is 6.54 Å². The Morgan fingerprint density at radius 2 is 2.33 bits per heavy atom. The highest BCUT2D eigenvalue weighted by atomic mass is 19.1. The van der Waals surface area contributed by atoms with Crippen molar-refractivity contribution in [1.29, 1.82) is 5.26 Å². The van der Waals surface area contributed by atoms with E-state index in [1.54, 1.807) is 12.1 Å². The van der Waals surface area contributed by atoms with E-state index in [1.165, 1.54) is 12.4 Å². The Kier molecular flexibility index (Phi) is 3.93. The molecule has 0 radical (unpaired) electrons. The number of likely N-dealkylation sites (tertiary alicyclic amines) is 1. The molecule has 2 heterocycles. The van der Waals surface area contributed by atoms with Gasteiger partial charge in [-0.15, -0.1) is 0 Å². The van der Waals surface area contributed by atoms with E-state index in [4.69, 9.17) is 5.26 Å². The van der Waals surface area contributed by atoms with E-state index in [-0.39, 0.29) is 11.6 Å². The van der Waals surface area contributed by atoms with Crippen LogP contribution < -0.4 is 0 Å². The van der Waals surface area contributed by atoms with E-state index in [0.29, 0.717) is 6.54 Å². The number of H-pyrrole nitrogens is 1. The van der Waals surface area contributed by atoms with Crippen molar-refractivity contribution in [1.82, 2.24) is 20.1 Å². The number of benzene rings is 1. The smallest absolute Gasteiger partial charge is 0.141 e. The lowest BCUT2D eigenvalue weighted by Crippen LogP contribution is -2.33. The van der Waals surface area contributed by atoms with Crippen LogP contribution in [0.25, 0.3) is 0 Å². The van der Waals surface area contributed by atoms with Crippen molar-refractivity contribution in [3.63, 3.8) is 0 Å². The zero-order valence-corrected chi connectivity index (χ0v) is 11.6. The molecule has 1 saturated heterocycles. The average molecular weight is 285 g/mol. The highest BCUT2D eigenvalue weighted by Crippen LogP contribution is 2.30. The van der Waals surface area contributed by atoms with Gasteiger partial charge < -0.3 is 0 Å². The van der Waals surface area contributed by atoms with Crippen LogP contribution in [-0.4, -0.2) is 26.6 Å². The standard InChI is InChI=1S/C15H16FN5/c16-13-5-4-11(7-12(13)8-17)9-21-6-2-1-3-14(21)15-18-10-19-20-15/h4-5,7,10,14H,1-3,6,9H2,(H,18,19,20)/t14-/m0/s1. The van der Waals surface area contributed by atoms with Gasteiger partial charge in [-0.3, -0.25) is 10.00 Å². The Labute approximate surface area is 122 Å². The SMILES string of the molecule is N#Cc1cc(CN2CCCC[C@H]2c2ncn[nH]2)ccc1F. The number of halogens is 1. The molecule has 0 spiro atoms. The van der Waals surface area contributed by atoms with Gasteiger partial charge in [-0.1, -0.05) is 12.5 Å². The third-order valence-electron chi connectivity index (χ3n) is 3.90. The largest absolute Gasteiger partial charge is 0.289 e. The Bertz CT molecular complexity index is 647. The summed E-state index contributed by atoms with van der Waals surface area (Å²) in [7, 11) is 0. The molecule has 1 aliphatic rings. The summed E-state index contributed by atoms with van der Waals surface area (Å²) >= 11 is 0. The van der Waals surface area contributed by atoms with Crippen molar-refractivity contribution < 1.29 is 4.39 Å². The van der Waals surface area contributed by atoms with Crippen LogP contribution in [0.3, 0.4) is 0 Å². The number of aromatic amines is 1. The molecule has 0 saturated carbocycles. The summed E-state index contributed by atoms with van der Waals surface area (Å²) in [6, 6.07) is 6.82. The molecule has 1 aromatic heterocycles. The topological polar surface area (TPSA) is 68.6 Å². The van der Waals surface area contributed by atoms with Crippen LogP contribution in [0.4, 0.5) is 4.39 Å². The minimum atomic E-state index is -0.466. The van der Waals surface area contributed by atoms with Crippen LogP contribution in [0.2, 0.25) is 0 Å². The number of nitriles is 1. The molecule has 0 unspecified atom stereocenters. The Balaban J connectivity index is 1.80. The number of nitrogens with one attached hydrogen (secondary N) is 1. The fraction of sp³-hybridized carbons (Fsp3) is 0.400. The predicted molar refractivity (Wildman–Crippen MR) is 74.5 cm³/mol. The van der Waals surface area contributed by atoms with Gasteiger partial charge in [0, 0.05) is 6.54 Å². The second-order valence-electron chi connectivity index (χ2n) is 5.28. The lowest BCUT2D eigenvalue weighted by atomic mass is 10.00. The number of hydrogen-bond donors (Lipinski definition) is 1. The Morgan fingerprint density at radius 1 is 1.43 bits per heavy atom. The fourth-order valence-corrected chi connectivity index (χ4v) is 2.86. The second kappa shape index (κ2) is 6.02. The van der Waals surface area contributed by atoms with E-state index in [9.17, 15) is 4.39 Å². The number of nitrogens with zero attached hydrogens (tertiary/aromatic N) is 4. The van der Waals surface area contributed by atoms with Gasteiger partial charge in [0.2, 0.25) is 0 Å². The van der Waals surface area contributed by atoms with E-state index in [1.807, 2.05) is 6.07 Å². The normalized spacial score (nSPS) is 19.3. The second-order valence-corrected chi connectivity index (χ2v) is 5.28. The molecular formula is C15H16FN5. The van der Waals surface area contributed by atoms with E-state index in [0.717, 1.165) is 37.2 Å². The molecule has 1 N–H and O–H groups in total. The van der Waals surface area contributed by atoms with E-state index >= 15 is 0 Å². The summed E-state index contributed by atoms with van der Waals surface area (Å²) in [5.41, 5.74) is 1.04. The van der Waals surface area contributed by atoms with Gasteiger partial charge in [0.15, 0.2) is 0 Å². The number of aromatic nitrogens is 3. The number of piperidine rings is 1. The quantitative estimate of drug-likeness (QED) is 0.941. The highest BCUT2D eigenvalue weighted by Gasteiger charge is 2.26. The average Bonchev–Trinajstić information content (AvgIpc) is 3.04. The highest BCUT2D eigenvalue weighted by molar-refractivity contribution is 5.34. The van der Waals surface area contributed by atoms with Gasteiger partial charge in [0.05, 0.1) is 11.6 Å². The molecule has 0 bridgehead atoms. The maximum atomic E-state index is 13.4. The number of hydrogen-bond acceptors (Lipinski definition) is 4. The van der Waals surface area contributed by atoms with Crippen LogP contribution in [-0.2, 0) is 6.54 Å². The summed E-state index contributed by atoms with van der Waals surface area (Å²) in [5.74, 6) is 0.406. The first kappa shape index (κ1) is 13.7. The maximum Gasteiger partial charge on any atom is 0.141 e. The van der Waals surface area contributed by atoms with Crippen molar-refractivity contribution in [2.24, 2.45) is 0 Å². The van der Waals surface area contributed by atoms with Crippen LogP contribution >= 0.6 is 0 Å². The zero-order chi connectivity index (χ0) is 14.7. The van der Waals surface area contributed by atoms with Gasteiger partial charge >= 0.3 is 0 Å². The Hall–Kier alpha value is -2.26. The predicted octanol–water partition coefficient (Wildman–Crippen LogP) is 2.54. The summed E-state index contributed by atoms with van der Waals surface area (Å²) in [5, 5.41) is 15.8. The van der Waals surface area contributed by atoms with Gasteiger partial charge in [-0.05, 0) is 37.1 Å². The van der Waals surface area contributed by atoms with Crippen molar-refractivity contribution >= 4 is 0 Å². The van der Waals surface area contributed by atoms with Crippen LogP contribution in [0.5, 0.6) is 0 Å². The number of rotatable bonds is 3. The van der Waals surface area contributed by atoms with E-state index in [2.05, 4.69) is 20.1 Å². The molecule has 0 amide bonds. The van der Waals surface area contributed by atoms with Gasteiger partial charge in [0.25, 0.3) is 0 Å². The maximum absolute atomic E-state index is 13.4. The molecule has 1 fully saturated rings. The Morgan fingerprint density at radius 3 is 3.10 bits per heavy atom. The lowest BCUT2D eigenvalue weighted by molar-refractivity contribution is 0.134. The molecular weight excluding hydrogens is 269 g/mol. The zero-order valence-electron chi connectivity index (χ0n) is 11.6. The monoisotopic (exact) mass is 285 g/mol. The van der Waals surface area contributed by atoms with Crippen LogP contribution in [0, 0.1) is 17.1 Å². The fourth-order valence-electron chi connectivity index (χ4n) is 2.86. The molecule has 5 nitrogen and oxygen atoms in total. The molecule has 108 valence electrons. The van der Waals surface area contributed by atoms with Crippen molar-refractivity contribution in [2.45, 2.75) is 31.8 Å². The first-order valence-corrected chi connectivity index (χ1v) is 7.06. The van der Waals surface area contributed by atoms with Gasteiger partial charge in [-0.25, -0.2) is 9.37 Å². The molecule has 1 atom stereocenters. The molecule has 6 heteroatoms. The van der Waals surface area contributed by atoms with Crippen molar-refractivity contribution in [3.8, 4) is 6.07 Å². The molecule has 1 aromatic carbocycles. The molecule has 2 aromatic rings. The molecule has 1 aliphatic heterocycles. The summed E-state index contributed by atoms with van der Waals surface area (Å²) in [6.07, 6.45) is 4.85. The van der Waals surface area contributed by atoms with E-state index < -0.39 is 5.82 Å². The first-order chi connectivity index (χ1) is 10.3. The first-order valence-electron chi connectivity index (χ1n) is 7.06. The minimum absolute atomic E-state index is 0.0979. The van der Waals surface area contributed by atoms with Crippen LogP contribution in [0.15, 0.2) is 24.5 Å². The van der Waals surface area contributed by atoms with Gasteiger partial charge in [0.1, 0.15) is 24.0 Å². The summed E-state index contributed by atoms with van der Waals surface area (Å²) < 4.78 is 13.4. The lowest BCUT2D eigenvalue weighted by Gasteiger charge is -2.34. The molecule has 3 rings (SSSR count). The third-order valence-corrected chi connectivity index (χ3v) is 3.90. The molecule has 0 aliphatic carbocycles.